The van der Waals surface area contributed by atoms with Gasteiger partial charge in [-0.15, -0.1) is 11.3 Å². The monoisotopic (exact) mass is 398 g/mol. The Balaban J connectivity index is 1.69. The van der Waals surface area contributed by atoms with Crippen LogP contribution in [0.2, 0.25) is 0 Å². The minimum Gasteiger partial charge on any atom is -0.494 e. The van der Waals surface area contributed by atoms with E-state index in [0.29, 0.717) is 28.8 Å². The molecule has 3 rings (SSSR count). The summed E-state index contributed by atoms with van der Waals surface area (Å²) in [6.45, 7) is 2.77. The molecule has 3 aromatic rings. The van der Waals surface area contributed by atoms with E-state index in [1.165, 1.54) is 18.4 Å². The fourth-order valence-electron chi connectivity index (χ4n) is 2.55. The quantitative estimate of drug-likeness (QED) is 0.586. The van der Waals surface area contributed by atoms with Crippen LogP contribution in [0.25, 0.3) is 11.3 Å². The van der Waals surface area contributed by atoms with Crippen molar-refractivity contribution in [2.45, 2.75) is 13.3 Å². The second-order valence-electron chi connectivity index (χ2n) is 5.93. The highest BCUT2D eigenvalue weighted by Crippen LogP contribution is 2.29. The molecule has 0 aliphatic rings. The lowest BCUT2D eigenvalue weighted by Crippen LogP contribution is -2.11. The molecular formula is C21H22N2O4S. The Morgan fingerprint density at radius 2 is 1.82 bits per heavy atom. The van der Waals surface area contributed by atoms with Gasteiger partial charge in [-0.2, -0.15) is 0 Å². The Hall–Kier alpha value is -3.06. The normalized spacial score (nSPS) is 10.4. The molecule has 0 saturated heterocycles. The Kier molecular flexibility index (Phi) is 6.49. The van der Waals surface area contributed by atoms with Crippen molar-refractivity contribution in [1.29, 1.82) is 0 Å². The fourth-order valence-corrected chi connectivity index (χ4v) is 3.27. The Bertz CT molecular complexity index is 938. The number of anilines is 1. The van der Waals surface area contributed by atoms with E-state index in [0.717, 1.165) is 23.4 Å². The maximum absolute atomic E-state index is 12.5. The Labute approximate surface area is 168 Å². The third kappa shape index (κ3) is 4.61. The fraction of sp³-hybridized carbons (Fsp3) is 0.238. The maximum Gasteiger partial charge on any atom is 0.257 e. The predicted octanol–water partition coefficient (Wildman–Crippen LogP) is 4.87. The number of thiazole rings is 1. The number of carbonyl (C=O) groups is 1. The molecule has 2 aromatic carbocycles. The molecule has 0 spiro atoms. The van der Waals surface area contributed by atoms with Crippen LogP contribution in [0.1, 0.15) is 23.7 Å². The van der Waals surface area contributed by atoms with Crippen molar-refractivity contribution in [3.05, 3.63) is 53.4 Å². The van der Waals surface area contributed by atoms with Gasteiger partial charge in [0, 0.05) is 16.5 Å². The van der Waals surface area contributed by atoms with E-state index < -0.39 is 0 Å². The maximum atomic E-state index is 12.5. The Morgan fingerprint density at radius 3 is 2.50 bits per heavy atom. The van der Waals surface area contributed by atoms with E-state index in [-0.39, 0.29) is 5.91 Å². The zero-order chi connectivity index (χ0) is 19.9. The molecule has 0 aliphatic carbocycles. The highest BCUT2D eigenvalue weighted by molar-refractivity contribution is 7.14. The van der Waals surface area contributed by atoms with E-state index in [4.69, 9.17) is 14.2 Å². The minimum atomic E-state index is -0.259. The second-order valence-corrected chi connectivity index (χ2v) is 6.79. The topological polar surface area (TPSA) is 69.7 Å². The highest BCUT2D eigenvalue weighted by Gasteiger charge is 2.13. The van der Waals surface area contributed by atoms with Crippen molar-refractivity contribution in [2.24, 2.45) is 0 Å². The van der Waals surface area contributed by atoms with Crippen molar-refractivity contribution in [3.8, 4) is 28.5 Å². The van der Waals surface area contributed by atoms with Crippen molar-refractivity contribution < 1.29 is 19.0 Å². The SMILES string of the molecule is CCCOc1ccc(-c2csc(NC(=O)c3ccc(OC)c(OC)c3)n2)cc1. The van der Waals surface area contributed by atoms with Crippen LogP contribution >= 0.6 is 11.3 Å². The molecule has 0 aliphatic heterocycles. The molecule has 0 radical (unpaired) electrons. The zero-order valence-corrected chi connectivity index (χ0v) is 16.8. The van der Waals surface area contributed by atoms with Crippen LogP contribution in [0.15, 0.2) is 47.8 Å². The third-order valence-electron chi connectivity index (χ3n) is 3.99. The summed E-state index contributed by atoms with van der Waals surface area (Å²) in [6, 6.07) is 12.8. The first-order valence-corrected chi connectivity index (χ1v) is 9.74. The van der Waals surface area contributed by atoms with Gasteiger partial charge in [-0.05, 0) is 48.9 Å². The number of methoxy groups -OCH3 is 2. The van der Waals surface area contributed by atoms with Gasteiger partial charge in [0.05, 0.1) is 26.5 Å². The van der Waals surface area contributed by atoms with Crippen LogP contribution in [-0.2, 0) is 0 Å². The number of hydrogen-bond donors (Lipinski definition) is 1. The van der Waals surface area contributed by atoms with Gasteiger partial charge in [-0.3, -0.25) is 10.1 Å². The summed E-state index contributed by atoms with van der Waals surface area (Å²) in [4.78, 5) is 17.0. The molecule has 1 heterocycles. The number of nitrogens with one attached hydrogen (secondary N) is 1. The van der Waals surface area contributed by atoms with Gasteiger partial charge in [0.25, 0.3) is 5.91 Å². The first-order valence-electron chi connectivity index (χ1n) is 8.86. The first kappa shape index (κ1) is 19.7. The summed E-state index contributed by atoms with van der Waals surface area (Å²) in [5.74, 6) is 1.65. The molecule has 0 atom stereocenters. The minimum absolute atomic E-state index is 0.259. The molecule has 6 nitrogen and oxygen atoms in total. The molecule has 0 saturated carbocycles. The van der Waals surface area contributed by atoms with Gasteiger partial charge in [0.15, 0.2) is 16.6 Å². The van der Waals surface area contributed by atoms with E-state index >= 15 is 0 Å². The van der Waals surface area contributed by atoms with Crippen LogP contribution in [-0.4, -0.2) is 31.7 Å². The van der Waals surface area contributed by atoms with Crippen molar-refractivity contribution in [2.75, 3.05) is 26.1 Å². The summed E-state index contributed by atoms with van der Waals surface area (Å²) in [5, 5.41) is 5.26. The van der Waals surface area contributed by atoms with Gasteiger partial charge >= 0.3 is 0 Å². The van der Waals surface area contributed by atoms with Crippen LogP contribution in [0.5, 0.6) is 17.2 Å². The number of benzene rings is 2. The molecular weight excluding hydrogens is 376 g/mol. The van der Waals surface area contributed by atoms with Crippen molar-refractivity contribution >= 4 is 22.4 Å². The van der Waals surface area contributed by atoms with Crippen LogP contribution in [0.3, 0.4) is 0 Å². The van der Waals surface area contributed by atoms with Gasteiger partial charge in [0.2, 0.25) is 0 Å². The summed E-state index contributed by atoms with van der Waals surface area (Å²) in [6.07, 6.45) is 0.969. The van der Waals surface area contributed by atoms with Crippen molar-refractivity contribution in [1.82, 2.24) is 4.98 Å². The van der Waals surface area contributed by atoms with E-state index in [1.807, 2.05) is 29.6 Å². The standard InChI is InChI=1S/C21H22N2O4S/c1-4-11-27-16-8-5-14(6-9-16)17-13-28-21(22-17)23-20(24)15-7-10-18(25-2)19(12-15)26-3/h5-10,12-13H,4,11H2,1-3H3,(H,22,23,24). The van der Waals surface area contributed by atoms with Crippen LogP contribution < -0.4 is 19.5 Å². The number of carbonyl (C=O) groups excluding carboxylic acids is 1. The average molecular weight is 398 g/mol. The second kappa shape index (κ2) is 9.23. The highest BCUT2D eigenvalue weighted by atomic mass is 32.1. The molecule has 28 heavy (non-hydrogen) atoms. The molecule has 1 aromatic heterocycles. The first-order chi connectivity index (χ1) is 13.6. The van der Waals surface area contributed by atoms with E-state index in [2.05, 4.69) is 17.2 Å². The van der Waals surface area contributed by atoms with Gasteiger partial charge < -0.3 is 14.2 Å². The van der Waals surface area contributed by atoms with Crippen molar-refractivity contribution in [3.63, 3.8) is 0 Å². The molecule has 0 bridgehead atoms. The lowest BCUT2D eigenvalue weighted by molar-refractivity contribution is 0.102. The van der Waals surface area contributed by atoms with E-state index in [9.17, 15) is 4.79 Å². The number of ether oxygens (including phenoxy) is 3. The lowest BCUT2D eigenvalue weighted by atomic mass is 10.2. The third-order valence-corrected chi connectivity index (χ3v) is 4.75. The van der Waals surface area contributed by atoms with Gasteiger partial charge in [-0.1, -0.05) is 6.92 Å². The lowest BCUT2D eigenvalue weighted by Gasteiger charge is -2.09. The zero-order valence-electron chi connectivity index (χ0n) is 16.0. The van der Waals surface area contributed by atoms with Crippen LogP contribution in [0.4, 0.5) is 5.13 Å². The number of amides is 1. The average Bonchev–Trinajstić information content (AvgIpc) is 3.20. The summed E-state index contributed by atoms with van der Waals surface area (Å²) < 4.78 is 16.0. The largest absolute Gasteiger partial charge is 0.494 e. The summed E-state index contributed by atoms with van der Waals surface area (Å²) in [7, 11) is 3.09. The Morgan fingerprint density at radius 1 is 1.07 bits per heavy atom. The number of hydrogen-bond acceptors (Lipinski definition) is 6. The molecule has 0 unspecified atom stereocenters. The van der Waals surface area contributed by atoms with Gasteiger partial charge in [-0.25, -0.2) is 4.98 Å². The van der Waals surface area contributed by atoms with Gasteiger partial charge in [0.1, 0.15) is 5.75 Å². The molecule has 1 N–H and O–H groups in total. The van der Waals surface area contributed by atoms with E-state index in [1.54, 1.807) is 25.3 Å². The molecule has 7 heteroatoms. The summed E-state index contributed by atoms with van der Waals surface area (Å²) in [5.41, 5.74) is 2.23. The van der Waals surface area contributed by atoms with Crippen LogP contribution in [0, 0.1) is 0 Å². The number of rotatable bonds is 8. The molecule has 146 valence electrons. The summed E-state index contributed by atoms with van der Waals surface area (Å²) >= 11 is 1.37. The molecule has 1 amide bonds. The number of aromatic nitrogens is 1. The predicted molar refractivity (Wildman–Crippen MR) is 111 cm³/mol. The molecule has 0 fully saturated rings. The number of nitrogens with zero attached hydrogens (tertiary/aromatic N) is 1. The smallest absolute Gasteiger partial charge is 0.257 e.